The molecule has 0 radical (unpaired) electrons. The Balaban J connectivity index is 2.09. The molecule has 0 bridgehead atoms. The summed E-state index contributed by atoms with van der Waals surface area (Å²) in [7, 11) is 0. The number of rotatable bonds is 3. The SMILES string of the molecule is CC(C)C1CCC(Cl)C(Cc2cc(Cl)ccc2F)C1. The van der Waals surface area contributed by atoms with E-state index in [-0.39, 0.29) is 11.2 Å². The van der Waals surface area contributed by atoms with E-state index in [9.17, 15) is 4.39 Å². The van der Waals surface area contributed by atoms with Crippen LogP contribution in [0.3, 0.4) is 0 Å². The maximum Gasteiger partial charge on any atom is 0.126 e. The van der Waals surface area contributed by atoms with E-state index in [0.717, 1.165) is 12.8 Å². The lowest BCUT2D eigenvalue weighted by Crippen LogP contribution is -2.29. The quantitative estimate of drug-likeness (QED) is 0.628. The molecule has 1 saturated carbocycles. The Kier molecular flexibility index (Phi) is 5.14. The topological polar surface area (TPSA) is 0 Å². The molecule has 0 N–H and O–H groups in total. The van der Waals surface area contributed by atoms with Crippen molar-refractivity contribution in [1.29, 1.82) is 0 Å². The maximum absolute atomic E-state index is 13.8. The molecule has 1 aliphatic rings. The Hall–Kier alpha value is -0.270. The number of halogens is 3. The molecule has 0 aromatic heterocycles. The van der Waals surface area contributed by atoms with E-state index >= 15 is 0 Å². The van der Waals surface area contributed by atoms with Crippen molar-refractivity contribution < 1.29 is 4.39 Å². The van der Waals surface area contributed by atoms with Gasteiger partial charge in [0.1, 0.15) is 5.82 Å². The first-order valence-electron chi connectivity index (χ1n) is 7.05. The molecule has 0 nitrogen and oxygen atoms in total. The summed E-state index contributed by atoms with van der Waals surface area (Å²) in [6, 6.07) is 4.78. The van der Waals surface area contributed by atoms with Gasteiger partial charge >= 0.3 is 0 Å². The largest absolute Gasteiger partial charge is 0.207 e. The lowest BCUT2D eigenvalue weighted by Gasteiger charge is -2.35. The lowest BCUT2D eigenvalue weighted by molar-refractivity contribution is 0.217. The zero-order valence-electron chi connectivity index (χ0n) is 11.5. The van der Waals surface area contributed by atoms with Crippen molar-refractivity contribution in [3.63, 3.8) is 0 Å². The van der Waals surface area contributed by atoms with Gasteiger partial charge in [0.25, 0.3) is 0 Å². The van der Waals surface area contributed by atoms with Gasteiger partial charge in [-0.05, 0) is 67.2 Å². The molecule has 2 rings (SSSR count). The molecule has 1 aliphatic carbocycles. The van der Waals surface area contributed by atoms with Gasteiger partial charge < -0.3 is 0 Å². The third-order valence-corrected chi connectivity index (χ3v) is 5.17. The average Bonchev–Trinajstić information content (AvgIpc) is 2.36. The van der Waals surface area contributed by atoms with Crippen molar-refractivity contribution in [3.05, 3.63) is 34.6 Å². The van der Waals surface area contributed by atoms with Gasteiger partial charge in [-0.2, -0.15) is 0 Å². The molecule has 3 atom stereocenters. The van der Waals surface area contributed by atoms with Gasteiger partial charge in [-0.25, -0.2) is 4.39 Å². The zero-order valence-corrected chi connectivity index (χ0v) is 13.0. The normalized spacial score (nSPS) is 27.8. The van der Waals surface area contributed by atoms with Gasteiger partial charge in [0.2, 0.25) is 0 Å². The molecular formula is C16H21Cl2F. The summed E-state index contributed by atoms with van der Waals surface area (Å²) >= 11 is 12.4. The van der Waals surface area contributed by atoms with Crippen LogP contribution in [0.4, 0.5) is 4.39 Å². The van der Waals surface area contributed by atoms with Crippen molar-refractivity contribution in [2.45, 2.75) is 44.9 Å². The molecule has 106 valence electrons. The van der Waals surface area contributed by atoms with Crippen LogP contribution in [-0.4, -0.2) is 5.38 Å². The van der Waals surface area contributed by atoms with Crippen LogP contribution in [0.5, 0.6) is 0 Å². The van der Waals surface area contributed by atoms with E-state index in [1.165, 1.54) is 12.5 Å². The van der Waals surface area contributed by atoms with Crippen molar-refractivity contribution in [2.75, 3.05) is 0 Å². The average molecular weight is 303 g/mol. The van der Waals surface area contributed by atoms with E-state index < -0.39 is 0 Å². The summed E-state index contributed by atoms with van der Waals surface area (Å²) in [4.78, 5) is 0. The highest BCUT2D eigenvalue weighted by atomic mass is 35.5. The molecule has 0 amide bonds. The second kappa shape index (κ2) is 6.45. The molecule has 3 heteroatoms. The van der Waals surface area contributed by atoms with Gasteiger partial charge in [0.05, 0.1) is 0 Å². The second-order valence-electron chi connectivity index (χ2n) is 6.03. The van der Waals surface area contributed by atoms with E-state index in [4.69, 9.17) is 23.2 Å². The van der Waals surface area contributed by atoms with Crippen LogP contribution in [0.2, 0.25) is 5.02 Å². The smallest absolute Gasteiger partial charge is 0.126 e. The monoisotopic (exact) mass is 302 g/mol. The summed E-state index contributed by atoms with van der Waals surface area (Å²) in [6.45, 7) is 4.52. The summed E-state index contributed by atoms with van der Waals surface area (Å²) in [6.07, 6.45) is 4.03. The minimum atomic E-state index is -0.167. The van der Waals surface area contributed by atoms with Crippen molar-refractivity contribution >= 4 is 23.2 Å². The fourth-order valence-corrected chi connectivity index (χ4v) is 3.57. The van der Waals surface area contributed by atoms with Crippen LogP contribution in [0.25, 0.3) is 0 Å². The summed E-state index contributed by atoms with van der Waals surface area (Å²) in [5.41, 5.74) is 0.701. The summed E-state index contributed by atoms with van der Waals surface area (Å²) in [5, 5.41) is 0.757. The number of hydrogen-bond acceptors (Lipinski definition) is 0. The van der Waals surface area contributed by atoms with Crippen LogP contribution >= 0.6 is 23.2 Å². The molecule has 0 aliphatic heterocycles. The highest BCUT2D eigenvalue weighted by Crippen LogP contribution is 2.38. The Morgan fingerprint density at radius 2 is 2.05 bits per heavy atom. The van der Waals surface area contributed by atoms with E-state index in [2.05, 4.69) is 13.8 Å². The molecule has 1 fully saturated rings. The Morgan fingerprint density at radius 1 is 1.32 bits per heavy atom. The number of benzene rings is 1. The molecule has 3 unspecified atom stereocenters. The van der Waals surface area contributed by atoms with Crippen molar-refractivity contribution in [1.82, 2.24) is 0 Å². The third-order valence-electron chi connectivity index (χ3n) is 4.36. The van der Waals surface area contributed by atoms with Crippen molar-refractivity contribution in [2.24, 2.45) is 17.8 Å². The molecule has 1 aromatic rings. The predicted octanol–water partition coefficient (Wildman–Crippen LogP) is 5.70. The van der Waals surface area contributed by atoms with Gasteiger partial charge in [-0.1, -0.05) is 25.4 Å². The molecule has 0 spiro atoms. The molecular weight excluding hydrogens is 282 g/mol. The van der Waals surface area contributed by atoms with Gasteiger partial charge in [-0.3, -0.25) is 0 Å². The number of alkyl halides is 1. The van der Waals surface area contributed by atoms with Crippen LogP contribution in [-0.2, 0) is 6.42 Å². The molecule has 0 saturated heterocycles. The molecule has 0 heterocycles. The minimum absolute atomic E-state index is 0.161. The Morgan fingerprint density at radius 3 is 2.74 bits per heavy atom. The van der Waals surface area contributed by atoms with Crippen molar-refractivity contribution in [3.8, 4) is 0 Å². The molecule has 19 heavy (non-hydrogen) atoms. The summed E-state index contributed by atoms with van der Waals surface area (Å²) < 4.78 is 13.8. The van der Waals surface area contributed by atoms with E-state index in [1.807, 2.05) is 0 Å². The van der Waals surface area contributed by atoms with E-state index in [1.54, 1.807) is 12.1 Å². The summed E-state index contributed by atoms with van der Waals surface area (Å²) in [5.74, 6) is 1.58. The van der Waals surface area contributed by atoms with E-state index in [0.29, 0.717) is 34.8 Å². The fourth-order valence-electron chi connectivity index (χ4n) is 3.06. The number of hydrogen-bond donors (Lipinski definition) is 0. The zero-order chi connectivity index (χ0) is 14.0. The standard InChI is InChI=1S/C16H21Cl2F/c1-10(2)11-3-5-15(18)12(7-11)8-13-9-14(17)4-6-16(13)19/h4,6,9-12,15H,3,5,7-8H2,1-2H3. The van der Waals surface area contributed by atoms with Crippen LogP contribution in [0.15, 0.2) is 18.2 Å². The van der Waals surface area contributed by atoms with Crippen LogP contribution in [0.1, 0.15) is 38.7 Å². The maximum atomic E-state index is 13.8. The first-order chi connectivity index (χ1) is 8.97. The predicted molar refractivity (Wildman–Crippen MR) is 80.4 cm³/mol. The van der Waals surface area contributed by atoms with Crippen LogP contribution < -0.4 is 0 Å². The first-order valence-corrected chi connectivity index (χ1v) is 7.86. The second-order valence-corrected chi connectivity index (χ2v) is 7.03. The highest BCUT2D eigenvalue weighted by Gasteiger charge is 2.31. The van der Waals surface area contributed by atoms with Crippen LogP contribution in [0, 0.1) is 23.6 Å². The minimum Gasteiger partial charge on any atom is -0.207 e. The third kappa shape index (κ3) is 3.86. The Bertz CT molecular complexity index is 431. The lowest BCUT2D eigenvalue weighted by atomic mass is 9.74. The Labute approximate surface area is 125 Å². The fraction of sp³-hybridized carbons (Fsp3) is 0.625. The molecule has 1 aromatic carbocycles. The highest BCUT2D eigenvalue weighted by molar-refractivity contribution is 6.30. The van der Waals surface area contributed by atoms with Gasteiger partial charge in [0.15, 0.2) is 0 Å². The first kappa shape index (κ1) is 15.1. The van der Waals surface area contributed by atoms with Gasteiger partial charge in [0, 0.05) is 10.4 Å². The van der Waals surface area contributed by atoms with Gasteiger partial charge in [-0.15, -0.1) is 11.6 Å².